The molecule has 0 aromatic heterocycles. The quantitative estimate of drug-likeness (QED) is 0.914. The summed E-state index contributed by atoms with van der Waals surface area (Å²) in [5, 5.41) is 13.0. The van der Waals surface area contributed by atoms with E-state index >= 15 is 0 Å². The molecule has 1 unspecified atom stereocenters. The topological polar surface area (TPSA) is 45.0 Å². The van der Waals surface area contributed by atoms with Crippen LogP contribution in [0.15, 0.2) is 48.5 Å². The van der Waals surface area contributed by atoms with Crippen molar-refractivity contribution in [3.05, 3.63) is 59.1 Å². The van der Waals surface area contributed by atoms with Gasteiger partial charge >= 0.3 is 0 Å². The van der Waals surface area contributed by atoms with Crippen molar-refractivity contribution >= 4 is 17.3 Å². The Labute approximate surface area is 117 Å². The molecule has 3 nitrogen and oxygen atoms in total. The molecule has 0 radical (unpaired) electrons. The molecule has 4 heteroatoms. The van der Waals surface area contributed by atoms with E-state index in [9.17, 15) is 5.26 Å². The Morgan fingerprint density at radius 2 is 1.95 bits per heavy atom. The van der Waals surface area contributed by atoms with Crippen LogP contribution >= 0.6 is 11.6 Å². The van der Waals surface area contributed by atoms with Gasteiger partial charge in [-0.15, -0.1) is 0 Å². The van der Waals surface area contributed by atoms with E-state index in [1.54, 1.807) is 19.2 Å². The van der Waals surface area contributed by atoms with E-state index in [1.807, 2.05) is 36.4 Å². The maximum Gasteiger partial charge on any atom is 0.140 e. The minimum absolute atomic E-state index is 0.427. The lowest BCUT2D eigenvalue weighted by Crippen LogP contribution is -2.08. The number of anilines is 1. The van der Waals surface area contributed by atoms with Crippen LogP contribution in [0, 0.1) is 11.3 Å². The van der Waals surface area contributed by atoms with Crippen molar-refractivity contribution in [3.63, 3.8) is 0 Å². The summed E-state index contributed by atoms with van der Waals surface area (Å²) in [6.07, 6.45) is 0. The van der Waals surface area contributed by atoms with Gasteiger partial charge in [-0.3, -0.25) is 0 Å². The molecule has 0 aliphatic heterocycles. The zero-order chi connectivity index (χ0) is 13.7. The van der Waals surface area contributed by atoms with Gasteiger partial charge in [0.1, 0.15) is 11.8 Å². The van der Waals surface area contributed by atoms with Gasteiger partial charge in [0.25, 0.3) is 0 Å². The number of methoxy groups -OCH3 is 1. The number of nitriles is 1. The van der Waals surface area contributed by atoms with Crippen LogP contribution in [0.3, 0.4) is 0 Å². The van der Waals surface area contributed by atoms with Crippen LogP contribution in [0.1, 0.15) is 11.6 Å². The highest BCUT2D eigenvalue weighted by Gasteiger charge is 2.10. The Kier molecular flexibility index (Phi) is 4.27. The number of halogens is 1. The van der Waals surface area contributed by atoms with Gasteiger partial charge < -0.3 is 10.1 Å². The van der Waals surface area contributed by atoms with Crippen LogP contribution in [-0.4, -0.2) is 7.11 Å². The van der Waals surface area contributed by atoms with Gasteiger partial charge in [0.15, 0.2) is 0 Å². The summed E-state index contributed by atoms with van der Waals surface area (Å²) in [5.41, 5.74) is 1.69. The van der Waals surface area contributed by atoms with Gasteiger partial charge in [-0.25, -0.2) is 0 Å². The summed E-state index contributed by atoms with van der Waals surface area (Å²) < 4.78 is 5.10. The Morgan fingerprint density at radius 1 is 1.21 bits per heavy atom. The molecule has 0 bridgehead atoms. The predicted molar refractivity (Wildman–Crippen MR) is 76.4 cm³/mol. The fourth-order valence-corrected chi connectivity index (χ4v) is 1.92. The van der Waals surface area contributed by atoms with E-state index in [0.717, 1.165) is 17.0 Å². The van der Waals surface area contributed by atoms with Crippen molar-refractivity contribution < 1.29 is 4.74 Å². The normalized spacial score (nSPS) is 11.4. The molecular weight excluding hydrogens is 260 g/mol. The average molecular weight is 273 g/mol. The van der Waals surface area contributed by atoms with Crippen molar-refractivity contribution in [1.82, 2.24) is 0 Å². The van der Waals surface area contributed by atoms with Gasteiger partial charge in [0.2, 0.25) is 0 Å². The lowest BCUT2D eigenvalue weighted by atomic mass is 10.1. The van der Waals surface area contributed by atoms with Crippen LogP contribution < -0.4 is 10.1 Å². The summed E-state index contributed by atoms with van der Waals surface area (Å²) in [7, 11) is 1.61. The van der Waals surface area contributed by atoms with E-state index in [1.165, 1.54) is 0 Å². The second-order valence-corrected chi connectivity index (χ2v) is 4.43. The van der Waals surface area contributed by atoms with E-state index in [-0.39, 0.29) is 0 Å². The molecule has 0 amide bonds. The lowest BCUT2D eigenvalue weighted by molar-refractivity contribution is 0.414. The zero-order valence-electron chi connectivity index (χ0n) is 10.4. The van der Waals surface area contributed by atoms with Crippen molar-refractivity contribution in [2.75, 3.05) is 12.4 Å². The summed E-state index contributed by atoms with van der Waals surface area (Å²) in [6.45, 7) is 0. The molecule has 96 valence electrons. The molecule has 0 aliphatic rings. The molecule has 2 aromatic carbocycles. The summed E-state index contributed by atoms with van der Waals surface area (Å²) in [5.74, 6) is 0.767. The number of hydrogen-bond acceptors (Lipinski definition) is 3. The van der Waals surface area contributed by atoms with Gasteiger partial charge in [0.05, 0.1) is 13.2 Å². The van der Waals surface area contributed by atoms with E-state index in [4.69, 9.17) is 16.3 Å². The molecule has 2 rings (SSSR count). The van der Waals surface area contributed by atoms with Gasteiger partial charge in [-0.1, -0.05) is 29.8 Å². The van der Waals surface area contributed by atoms with E-state index < -0.39 is 6.04 Å². The minimum Gasteiger partial charge on any atom is -0.497 e. The number of benzene rings is 2. The van der Waals surface area contributed by atoms with Crippen LogP contribution in [-0.2, 0) is 0 Å². The van der Waals surface area contributed by atoms with Crippen molar-refractivity contribution in [3.8, 4) is 11.8 Å². The summed E-state index contributed by atoms with van der Waals surface area (Å²) >= 11 is 5.92. The van der Waals surface area contributed by atoms with Crippen LogP contribution in [0.2, 0.25) is 5.02 Å². The number of nitrogens with zero attached hydrogens (tertiary/aromatic N) is 1. The first-order chi connectivity index (χ1) is 9.22. The van der Waals surface area contributed by atoms with Crippen LogP contribution in [0.25, 0.3) is 0 Å². The smallest absolute Gasteiger partial charge is 0.140 e. The molecule has 1 atom stereocenters. The maximum absolute atomic E-state index is 9.26. The average Bonchev–Trinajstić information content (AvgIpc) is 2.45. The van der Waals surface area contributed by atoms with Crippen molar-refractivity contribution in [2.45, 2.75) is 6.04 Å². The molecule has 0 aliphatic carbocycles. The fraction of sp³-hybridized carbons (Fsp3) is 0.133. The molecule has 0 saturated carbocycles. The highest BCUT2D eigenvalue weighted by atomic mass is 35.5. The molecule has 0 fully saturated rings. The third-order valence-electron chi connectivity index (χ3n) is 2.71. The number of hydrogen-bond donors (Lipinski definition) is 1. The number of nitrogens with one attached hydrogen (secondary N) is 1. The summed E-state index contributed by atoms with van der Waals surface area (Å²) in [6, 6.07) is 16.5. The summed E-state index contributed by atoms with van der Waals surface area (Å²) in [4.78, 5) is 0. The second-order valence-electron chi connectivity index (χ2n) is 3.99. The maximum atomic E-state index is 9.26. The van der Waals surface area contributed by atoms with Crippen molar-refractivity contribution in [1.29, 1.82) is 5.26 Å². The minimum atomic E-state index is -0.427. The highest BCUT2D eigenvalue weighted by molar-refractivity contribution is 6.30. The van der Waals surface area contributed by atoms with Gasteiger partial charge in [0, 0.05) is 10.7 Å². The number of ether oxygens (including phenoxy) is 1. The third kappa shape index (κ3) is 3.40. The first-order valence-corrected chi connectivity index (χ1v) is 6.16. The van der Waals surface area contributed by atoms with Gasteiger partial charge in [-0.05, 0) is 35.9 Å². The second kappa shape index (κ2) is 6.12. The number of rotatable bonds is 4. The lowest BCUT2D eigenvalue weighted by Gasteiger charge is -2.14. The van der Waals surface area contributed by atoms with Crippen LogP contribution in [0.5, 0.6) is 5.75 Å². The largest absolute Gasteiger partial charge is 0.497 e. The molecule has 0 spiro atoms. The fourth-order valence-electron chi connectivity index (χ4n) is 1.73. The third-order valence-corrected chi connectivity index (χ3v) is 2.95. The zero-order valence-corrected chi connectivity index (χ0v) is 11.2. The Balaban J connectivity index is 2.18. The monoisotopic (exact) mass is 272 g/mol. The molecule has 0 saturated heterocycles. The highest BCUT2D eigenvalue weighted by Crippen LogP contribution is 2.23. The molecular formula is C15H13ClN2O. The Hall–Kier alpha value is -2.18. The molecule has 19 heavy (non-hydrogen) atoms. The predicted octanol–water partition coefficient (Wildman–Crippen LogP) is 4.03. The first kappa shape index (κ1) is 13.3. The van der Waals surface area contributed by atoms with E-state index in [0.29, 0.717) is 5.02 Å². The molecule has 2 aromatic rings. The Morgan fingerprint density at radius 3 is 2.53 bits per heavy atom. The van der Waals surface area contributed by atoms with Crippen molar-refractivity contribution in [2.24, 2.45) is 0 Å². The van der Waals surface area contributed by atoms with E-state index in [2.05, 4.69) is 11.4 Å². The molecule has 1 N–H and O–H groups in total. The SMILES string of the molecule is COc1ccc(C(C#N)Nc2cccc(Cl)c2)cc1. The molecule has 0 heterocycles. The van der Waals surface area contributed by atoms with Gasteiger partial charge in [-0.2, -0.15) is 5.26 Å². The van der Waals surface area contributed by atoms with Crippen LogP contribution in [0.4, 0.5) is 5.69 Å². The standard InChI is InChI=1S/C15H13ClN2O/c1-19-14-7-5-11(6-8-14)15(10-17)18-13-4-2-3-12(16)9-13/h2-9,15,18H,1H3. The first-order valence-electron chi connectivity index (χ1n) is 5.78. The Bertz CT molecular complexity index is 590.